The molecule has 1 aliphatic rings. The second-order valence-electron chi connectivity index (χ2n) is 4.71. The van der Waals surface area contributed by atoms with Crippen LogP contribution < -0.4 is 0 Å². The highest BCUT2D eigenvalue weighted by Crippen LogP contribution is 2.20. The van der Waals surface area contributed by atoms with E-state index >= 15 is 0 Å². The SMILES string of the molecule is CC(C(=O)OC[C@H]1OC(O)[C@H](O)[C@@H](O)[C@@H]1O)[C@H](O)CO. The van der Waals surface area contributed by atoms with Gasteiger partial charge in [-0.25, -0.2) is 0 Å². The molecule has 1 saturated heterocycles. The molecule has 0 aromatic rings. The molecule has 0 aromatic carbocycles. The zero-order valence-electron chi connectivity index (χ0n) is 10.9. The highest BCUT2D eigenvalue weighted by molar-refractivity contribution is 5.72. The summed E-state index contributed by atoms with van der Waals surface area (Å²) in [6.07, 6.45) is -9.05. The van der Waals surface area contributed by atoms with Crippen LogP contribution in [0.2, 0.25) is 0 Å². The van der Waals surface area contributed by atoms with Crippen molar-refractivity contribution in [3.8, 4) is 0 Å². The molecule has 0 bridgehead atoms. The van der Waals surface area contributed by atoms with E-state index in [4.69, 9.17) is 14.6 Å². The predicted octanol–water partition coefficient (Wildman–Crippen LogP) is -3.68. The number of aliphatic hydroxyl groups excluding tert-OH is 6. The second-order valence-corrected chi connectivity index (χ2v) is 4.71. The summed E-state index contributed by atoms with van der Waals surface area (Å²) >= 11 is 0. The molecule has 0 aliphatic carbocycles. The van der Waals surface area contributed by atoms with E-state index in [9.17, 15) is 30.3 Å². The number of carbonyl (C=O) groups excluding carboxylic acids is 1. The third-order valence-corrected chi connectivity index (χ3v) is 3.21. The summed E-state index contributed by atoms with van der Waals surface area (Å²) in [5.74, 6) is -1.82. The maximum absolute atomic E-state index is 11.5. The number of rotatable bonds is 5. The molecule has 0 aromatic heterocycles. The van der Waals surface area contributed by atoms with Gasteiger partial charge in [-0.2, -0.15) is 0 Å². The predicted molar refractivity (Wildman–Crippen MR) is 62.1 cm³/mol. The Morgan fingerprint density at radius 3 is 2.35 bits per heavy atom. The fourth-order valence-electron chi connectivity index (χ4n) is 1.68. The Morgan fingerprint density at radius 1 is 1.20 bits per heavy atom. The molecular formula is C11H20O9. The maximum atomic E-state index is 11.5. The number of hydrogen-bond donors (Lipinski definition) is 6. The first-order valence-electron chi connectivity index (χ1n) is 6.12. The lowest BCUT2D eigenvalue weighted by Crippen LogP contribution is -2.58. The molecule has 9 heteroatoms. The van der Waals surface area contributed by atoms with Crippen molar-refractivity contribution in [1.82, 2.24) is 0 Å². The molecule has 6 N–H and O–H groups in total. The molecule has 1 rings (SSSR count). The van der Waals surface area contributed by atoms with Gasteiger partial charge in [-0.3, -0.25) is 4.79 Å². The van der Waals surface area contributed by atoms with E-state index in [0.717, 1.165) is 0 Å². The fraction of sp³-hybridized carbons (Fsp3) is 0.909. The Hall–Kier alpha value is -0.810. The van der Waals surface area contributed by atoms with Gasteiger partial charge in [0.25, 0.3) is 0 Å². The summed E-state index contributed by atoms with van der Waals surface area (Å²) in [6, 6.07) is 0. The van der Waals surface area contributed by atoms with Crippen LogP contribution in [0.4, 0.5) is 0 Å². The van der Waals surface area contributed by atoms with Crippen molar-refractivity contribution in [2.24, 2.45) is 5.92 Å². The van der Waals surface area contributed by atoms with Gasteiger partial charge >= 0.3 is 5.97 Å². The smallest absolute Gasteiger partial charge is 0.311 e. The van der Waals surface area contributed by atoms with Gasteiger partial charge < -0.3 is 40.1 Å². The minimum Gasteiger partial charge on any atom is -0.463 e. The molecular weight excluding hydrogens is 276 g/mol. The van der Waals surface area contributed by atoms with Gasteiger partial charge in [0, 0.05) is 0 Å². The number of carbonyl (C=O) groups is 1. The highest BCUT2D eigenvalue weighted by Gasteiger charge is 2.43. The Labute approximate surface area is 115 Å². The highest BCUT2D eigenvalue weighted by atomic mass is 16.6. The van der Waals surface area contributed by atoms with Gasteiger partial charge in [-0.1, -0.05) is 0 Å². The van der Waals surface area contributed by atoms with E-state index in [-0.39, 0.29) is 0 Å². The molecule has 118 valence electrons. The largest absolute Gasteiger partial charge is 0.463 e. The standard InChI is InChI=1S/C11H20O9/c1-4(5(13)2-12)10(17)19-3-6-7(14)8(15)9(16)11(18)20-6/h4-9,11-16,18H,2-3H2,1H3/t4?,5-,6-,7-,8+,9-,11?/m1/s1. The molecule has 0 radical (unpaired) electrons. The second kappa shape index (κ2) is 7.27. The number of esters is 1. The zero-order valence-corrected chi connectivity index (χ0v) is 10.9. The van der Waals surface area contributed by atoms with Gasteiger partial charge in [-0.05, 0) is 6.92 Å². The molecule has 2 unspecified atom stereocenters. The average Bonchev–Trinajstić information content (AvgIpc) is 2.45. The molecule has 7 atom stereocenters. The summed E-state index contributed by atoms with van der Waals surface area (Å²) in [4.78, 5) is 11.5. The van der Waals surface area contributed by atoms with Gasteiger partial charge in [0.1, 0.15) is 31.0 Å². The average molecular weight is 296 g/mol. The minimum atomic E-state index is -1.71. The van der Waals surface area contributed by atoms with Crippen LogP contribution in [0, 0.1) is 5.92 Å². The first-order chi connectivity index (χ1) is 9.29. The van der Waals surface area contributed by atoms with Gasteiger partial charge in [0.2, 0.25) is 0 Å². The van der Waals surface area contributed by atoms with Crippen LogP contribution in [0.1, 0.15) is 6.92 Å². The summed E-state index contributed by atoms with van der Waals surface area (Å²) in [7, 11) is 0. The van der Waals surface area contributed by atoms with Gasteiger partial charge in [0.15, 0.2) is 6.29 Å². The molecule has 1 heterocycles. The van der Waals surface area contributed by atoms with Gasteiger partial charge in [0.05, 0.1) is 18.6 Å². The van der Waals surface area contributed by atoms with E-state index in [1.165, 1.54) is 6.92 Å². The monoisotopic (exact) mass is 296 g/mol. The Bertz CT molecular complexity index is 323. The summed E-state index contributed by atoms with van der Waals surface area (Å²) in [6.45, 7) is 0.251. The number of hydrogen-bond acceptors (Lipinski definition) is 9. The fourth-order valence-corrected chi connectivity index (χ4v) is 1.68. The molecule has 0 spiro atoms. The third kappa shape index (κ3) is 3.85. The summed E-state index contributed by atoms with van der Waals surface area (Å²) < 4.78 is 9.57. The van der Waals surface area contributed by atoms with E-state index < -0.39 is 61.9 Å². The van der Waals surface area contributed by atoms with Crippen molar-refractivity contribution in [3.05, 3.63) is 0 Å². The van der Waals surface area contributed by atoms with E-state index in [1.807, 2.05) is 0 Å². The molecule has 20 heavy (non-hydrogen) atoms. The van der Waals surface area contributed by atoms with Crippen LogP contribution in [-0.2, 0) is 14.3 Å². The molecule has 0 saturated carbocycles. The van der Waals surface area contributed by atoms with E-state index in [2.05, 4.69) is 0 Å². The Balaban J connectivity index is 2.51. The lowest BCUT2D eigenvalue weighted by molar-refractivity contribution is -0.287. The van der Waals surface area contributed by atoms with Crippen molar-refractivity contribution in [2.75, 3.05) is 13.2 Å². The zero-order chi connectivity index (χ0) is 15.4. The first-order valence-corrected chi connectivity index (χ1v) is 6.12. The maximum Gasteiger partial charge on any atom is 0.311 e. The van der Waals surface area contributed by atoms with Crippen LogP contribution in [0.15, 0.2) is 0 Å². The van der Waals surface area contributed by atoms with Crippen molar-refractivity contribution in [1.29, 1.82) is 0 Å². The van der Waals surface area contributed by atoms with E-state index in [0.29, 0.717) is 0 Å². The van der Waals surface area contributed by atoms with Crippen LogP contribution >= 0.6 is 0 Å². The molecule has 0 amide bonds. The van der Waals surface area contributed by atoms with Crippen LogP contribution in [0.3, 0.4) is 0 Å². The third-order valence-electron chi connectivity index (χ3n) is 3.21. The topological polar surface area (TPSA) is 157 Å². The van der Waals surface area contributed by atoms with Crippen molar-refractivity contribution in [3.63, 3.8) is 0 Å². The van der Waals surface area contributed by atoms with Crippen molar-refractivity contribution in [2.45, 2.75) is 43.7 Å². The summed E-state index contributed by atoms with van der Waals surface area (Å²) in [5, 5.41) is 55.5. The minimum absolute atomic E-state index is 0.483. The van der Waals surface area contributed by atoms with Gasteiger partial charge in [-0.15, -0.1) is 0 Å². The van der Waals surface area contributed by atoms with Crippen molar-refractivity contribution >= 4 is 5.97 Å². The normalized spacial score (nSPS) is 37.2. The Kier molecular flexibility index (Phi) is 6.27. The van der Waals surface area contributed by atoms with Crippen LogP contribution in [-0.4, -0.2) is 86.6 Å². The Morgan fingerprint density at radius 2 is 1.80 bits per heavy atom. The first kappa shape index (κ1) is 17.2. The lowest BCUT2D eigenvalue weighted by Gasteiger charge is -2.38. The van der Waals surface area contributed by atoms with Crippen LogP contribution in [0.25, 0.3) is 0 Å². The molecule has 1 aliphatic heterocycles. The lowest BCUT2D eigenvalue weighted by atomic mass is 9.99. The summed E-state index contributed by atoms with van der Waals surface area (Å²) in [5.41, 5.74) is 0. The molecule has 1 fully saturated rings. The van der Waals surface area contributed by atoms with Crippen LogP contribution in [0.5, 0.6) is 0 Å². The van der Waals surface area contributed by atoms with Crippen molar-refractivity contribution < 1.29 is 44.9 Å². The molecule has 9 nitrogen and oxygen atoms in total. The quantitative estimate of drug-likeness (QED) is 0.281. The number of aliphatic hydroxyl groups is 6. The number of ether oxygens (including phenoxy) is 2. The van der Waals surface area contributed by atoms with E-state index in [1.54, 1.807) is 0 Å².